The fraction of sp³-hybridized carbons (Fsp3) is 0.444. The summed E-state index contributed by atoms with van der Waals surface area (Å²) in [6.07, 6.45) is -0.776. The van der Waals surface area contributed by atoms with Crippen molar-refractivity contribution in [2.45, 2.75) is 46.3 Å². The third kappa shape index (κ3) is 3.28. The first-order chi connectivity index (χ1) is 10.2. The Hall–Kier alpha value is -1.94. The first-order valence-corrected chi connectivity index (χ1v) is 7.36. The maximum absolute atomic E-state index is 12.3. The van der Waals surface area contributed by atoms with E-state index in [-0.39, 0.29) is 0 Å². The smallest absolute Gasteiger partial charge is 0.339 e. The third-order valence-corrected chi connectivity index (χ3v) is 3.54. The average molecular weight is 301 g/mol. The Bertz CT molecular complexity index is 701. The number of nitrogens with zero attached hydrogens (tertiary/aromatic N) is 1. The van der Waals surface area contributed by atoms with Gasteiger partial charge in [0.25, 0.3) is 0 Å². The number of fused-ring (bicyclic) bond motifs is 1. The molecule has 0 aliphatic rings. The van der Waals surface area contributed by atoms with Crippen LogP contribution in [0.2, 0.25) is 0 Å². The van der Waals surface area contributed by atoms with Crippen molar-refractivity contribution >= 4 is 16.9 Å². The van der Waals surface area contributed by atoms with Crippen molar-refractivity contribution in [1.82, 2.24) is 4.98 Å². The third-order valence-electron chi connectivity index (χ3n) is 3.54. The highest BCUT2D eigenvalue weighted by atomic mass is 16.6. The van der Waals surface area contributed by atoms with Crippen LogP contribution in [0.3, 0.4) is 0 Å². The normalized spacial score (nSPS) is 13.2. The van der Waals surface area contributed by atoms with Gasteiger partial charge in [-0.2, -0.15) is 0 Å². The highest BCUT2D eigenvalue weighted by Gasteiger charge is 2.31. The number of hydrogen-bond acceptors (Lipinski definition) is 4. The minimum atomic E-state index is -0.776. The molecule has 0 spiro atoms. The van der Waals surface area contributed by atoms with E-state index in [0.717, 1.165) is 27.7 Å². The van der Waals surface area contributed by atoms with E-state index < -0.39 is 17.7 Å². The summed E-state index contributed by atoms with van der Waals surface area (Å²) in [6, 6.07) is 7.90. The molecule has 0 aliphatic carbocycles. The summed E-state index contributed by atoms with van der Waals surface area (Å²) < 4.78 is 10.9. The minimum absolute atomic E-state index is 0.404. The summed E-state index contributed by atoms with van der Waals surface area (Å²) in [5.41, 5.74) is 3.03. The molecule has 0 amide bonds. The van der Waals surface area contributed by atoms with Gasteiger partial charge in [-0.15, -0.1) is 0 Å². The molecule has 1 atom stereocenters. The second-order valence-electron chi connectivity index (χ2n) is 6.39. The van der Waals surface area contributed by atoms with E-state index in [1.54, 1.807) is 0 Å². The van der Waals surface area contributed by atoms with Crippen LogP contribution in [0.4, 0.5) is 0 Å². The van der Waals surface area contributed by atoms with E-state index >= 15 is 0 Å². The van der Waals surface area contributed by atoms with Gasteiger partial charge in [0.1, 0.15) is 0 Å². The molecule has 2 aromatic rings. The Morgan fingerprint density at radius 3 is 2.41 bits per heavy atom. The molecular weight excluding hydrogens is 278 g/mol. The predicted octanol–water partition coefficient (Wildman–Crippen LogP) is 3.88. The van der Waals surface area contributed by atoms with Crippen molar-refractivity contribution in [2.75, 3.05) is 7.11 Å². The molecule has 0 saturated heterocycles. The van der Waals surface area contributed by atoms with Gasteiger partial charge in [0.2, 0.25) is 0 Å². The first kappa shape index (κ1) is 16.4. The lowest BCUT2D eigenvalue weighted by molar-refractivity contribution is -0.164. The van der Waals surface area contributed by atoms with E-state index in [1.807, 2.05) is 58.9 Å². The van der Waals surface area contributed by atoms with Gasteiger partial charge in [-0.3, -0.25) is 4.98 Å². The summed E-state index contributed by atoms with van der Waals surface area (Å²) in [6.45, 7) is 9.65. The Morgan fingerprint density at radius 1 is 1.18 bits per heavy atom. The quantitative estimate of drug-likeness (QED) is 0.807. The van der Waals surface area contributed by atoms with Gasteiger partial charge in [-0.1, -0.05) is 18.2 Å². The van der Waals surface area contributed by atoms with Gasteiger partial charge < -0.3 is 9.47 Å². The second kappa shape index (κ2) is 6.05. The van der Waals surface area contributed by atoms with Crippen LogP contribution in [-0.2, 0) is 14.3 Å². The number of methoxy groups -OCH3 is 1. The molecule has 0 saturated carbocycles. The van der Waals surface area contributed by atoms with Crippen molar-refractivity contribution in [3.8, 4) is 0 Å². The van der Waals surface area contributed by atoms with Crippen molar-refractivity contribution in [2.24, 2.45) is 0 Å². The largest absolute Gasteiger partial charge is 0.467 e. The highest BCUT2D eigenvalue weighted by Crippen LogP contribution is 2.32. The van der Waals surface area contributed by atoms with Crippen molar-refractivity contribution in [3.63, 3.8) is 0 Å². The summed E-state index contributed by atoms with van der Waals surface area (Å²) in [7, 11) is 1.38. The number of aromatic nitrogens is 1. The standard InChI is InChI=1S/C18H23NO3/c1-11-13-9-7-8-10-14(13)19-12(2)15(11)16(17(20)21-6)22-18(3,4)5/h7-10,16H,1-6H3. The number of rotatable bonds is 3. The van der Waals surface area contributed by atoms with Gasteiger partial charge in [0.05, 0.1) is 18.2 Å². The molecule has 0 radical (unpaired) electrons. The fourth-order valence-electron chi connectivity index (χ4n) is 2.62. The molecule has 22 heavy (non-hydrogen) atoms. The van der Waals surface area contributed by atoms with Crippen molar-refractivity contribution in [1.29, 1.82) is 0 Å². The average Bonchev–Trinajstić information content (AvgIpc) is 2.44. The van der Waals surface area contributed by atoms with E-state index in [9.17, 15) is 4.79 Å². The summed E-state index contributed by atoms with van der Waals surface area (Å²) in [5.74, 6) is -0.404. The number of aryl methyl sites for hydroxylation is 2. The summed E-state index contributed by atoms with van der Waals surface area (Å²) in [4.78, 5) is 16.9. The number of pyridine rings is 1. The monoisotopic (exact) mass is 301 g/mol. The number of ether oxygens (including phenoxy) is 2. The Kier molecular flexibility index (Phi) is 4.52. The lowest BCUT2D eigenvalue weighted by atomic mass is 9.97. The van der Waals surface area contributed by atoms with E-state index in [4.69, 9.17) is 9.47 Å². The van der Waals surface area contributed by atoms with Crippen LogP contribution >= 0.6 is 0 Å². The van der Waals surface area contributed by atoms with Gasteiger partial charge in [-0.25, -0.2) is 4.79 Å². The van der Waals surface area contributed by atoms with Crippen LogP contribution in [0.25, 0.3) is 10.9 Å². The number of carbonyl (C=O) groups is 1. The van der Waals surface area contributed by atoms with Crippen LogP contribution in [-0.4, -0.2) is 23.7 Å². The predicted molar refractivity (Wildman–Crippen MR) is 86.8 cm³/mol. The molecule has 4 heteroatoms. The molecule has 0 fully saturated rings. The number of carbonyl (C=O) groups excluding carboxylic acids is 1. The van der Waals surface area contributed by atoms with E-state index in [1.165, 1.54) is 7.11 Å². The van der Waals surface area contributed by atoms with Crippen LogP contribution in [0.15, 0.2) is 24.3 Å². The summed E-state index contributed by atoms with van der Waals surface area (Å²) in [5, 5.41) is 1.02. The first-order valence-electron chi connectivity index (χ1n) is 7.36. The topological polar surface area (TPSA) is 48.4 Å². The van der Waals surface area contributed by atoms with Gasteiger partial charge in [0.15, 0.2) is 6.10 Å². The fourth-order valence-corrected chi connectivity index (χ4v) is 2.62. The number of para-hydroxylation sites is 1. The molecule has 0 bridgehead atoms. The Morgan fingerprint density at radius 2 is 1.82 bits per heavy atom. The SMILES string of the molecule is COC(=O)C(OC(C)(C)C)c1c(C)nc2ccccc2c1C. The zero-order chi connectivity index (χ0) is 16.5. The molecule has 0 aliphatic heterocycles. The maximum Gasteiger partial charge on any atom is 0.339 e. The lowest BCUT2D eigenvalue weighted by Gasteiger charge is -2.28. The van der Waals surface area contributed by atoms with Crippen LogP contribution in [0.1, 0.15) is 43.7 Å². The van der Waals surface area contributed by atoms with Crippen LogP contribution in [0.5, 0.6) is 0 Å². The summed E-state index contributed by atoms with van der Waals surface area (Å²) >= 11 is 0. The molecule has 1 aromatic heterocycles. The van der Waals surface area contributed by atoms with Crippen LogP contribution < -0.4 is 0 Å². The van der Waals surface area contributed by atoms with E-state index in [2.05, 4.69) is 4.98 Å². The number of hydrogen-bond donors (Lipinski definition) is 0. The minimum Gasteiger partial charge on any atom is -0.467 e. The van der Waals surface area contributed by atoms with Gasteiger partial charge in [-0.05, 0) is 46.2 Å². The van der Waals surface area contributed by atoms with E-state index in [0.29, 0.717) is 0 Å². The van der Waals surface area contributed by atoms with Gasteiger partial charge >= 0.3 is 5.97 Å². The molecule has 1 heterocycles. The second-order valence-corrected chi connectivity index (χ2v) is 6.39. The number of esters is 1. The molecular formula is C18H23NO3. The molecule has 1 aromatic carbocycles. The molecule has 4 nitrogen and oxygen atoms in total. The number of benzene rings is 1. The zero-order valence-electron chi connectivity index (χ0n) is 14.1. The van der Waals surface area contributed by atoms with Crippen LogP contribution in [0, 0.1) is 13.8 Å². The van der Waals surface area contributed by atoms with Gasteiger partial charge in [0, 0.05) is 16.6 Å². The molecule has 0 N–H and O–H groups in total. The van der Waals surface area contributed by atoms with Crippen molar-refractivity contribution in [3.05, 3.63) is 41.1 Å². The molecule has 118 valence electrons. The maximum atomic E-state index is 12.3. The Balaban J connectivity index is 2.65. The lowest BCUT2D eigenvalue weighted by Crippen LogP contribution is -2.29. The molecule has 1 unspecified atom stereocenters. The van der Waals surface area contributed by atoms with Crippen molar-refractivity contribution < 1.29 is 14.3 Å². The highest BCUT2D eigenvalue weighted by molar-refractivity contribution is 5.86. The zero-order valence-corrected chi connectivity index (χ0v) is 14.1. The molecule has 2 rings (SSSR count). The Labute approximate surface area is 131 Å².